The number of hydrogen-bond donors (Lipinski definition) is 1. The van der Waals surface area contributed by atoms with Crippen LogP contribution in [0.1, 0.15) is 31.1 Å². The molecule has 3 aromatic rings. The van der Waals surface area contributed by atoms with Crippen molar-refractivity contribution in [2.45, 2.75) is 20.8 Å². The van der Waals surface area contributed by atoms with E-state index in [4.69, 9.17) is 9.72 Å². The van der Waals surface area contributed by atoms with Crippen LogP contribution in [0.25, 0.3) is 22.4 Å². The number of carbonyl (C=O) groups excluding carboxylic acids is 1. The number of nitrogens with zero attached hydrogens (tertiary/aromatic N) is 3. The molecule has 0 amide bonds. The molecule has 0 radical (unpaired) electrons. The number of ether oxygens (including phenoxy) is 1. The van der Waals surface area contributed by atoms with E-state index in [-0.39, 0.29) is 5.78 Å². The number of Topliss-reactive ketones (excluding diaryl/α,β-unsaturated/α-hetero) is 1. The molecule has 29 heavy (non-hydrogen) atoms. The molecule has 6 nitrogen and oxygen atoms in total. The second-order valence-corrected chi connectivity index (χ2v) is 9.48. The Morgan fingerprint density at radius 1 is 1.21 bits per heavy atom. The summed E-state index contributed by atoms with van der Waals surface area (Å²) in [6.07, 6.45) is 3.46. The van der Waals surface area contributed by atoms with Gasteiger partial charge in [0.15, 0.2) is 11.4 Å². The highest BCUT2D eigenvalue weighted by Crippen LogP contribution is 2.32. The zero-order chi connectivity index (χ0) is 20.6. The van der Waals surface area contributed by atoms with E-state index in [0.29, 0.717) is 16.7 Å². The maximum absolute atomic E-state index is 12.8. The third kappa shape index (κ3) is 3.96. The molecule has 1 aliphatic heterocycles. The van der Waals surface area contributed by atoms with Gasteiger partial charge in [-0.15, -0.1) is 0 Å². The fourth-order valence-electron chi connectivity index (χ4n) is 3.46. The van der Waals surface area contributed by atoms with Crippen LogP contribution in [0.4, 0.5) is 5.69 Å². The summed E-state index contributed by atoms with van der Waals surface area (Å²) in [4.78, 5) is 27.6. The Labute approximate surface area is 175 Å². The average molecular weight is 411 g/mol. The number of nitrogens with one attached hydrogen (secondary N) is 1. The number of anilines is 1. The smallest absolute Gasteiger partial charge is 0.171 e. The van der Waals surface area contributed by atoms with Crippen LogP contribution >= 0.6 is 11.8 Å². The first-order valence-corrected chi connectivity index (χ1v) is 10.9. The standard InChI is InChI=1S/C22H26N4O2S/c1-22(2,3)20(27)17-12-23-21-19(17)25-18(13-24-21)14-9-15(11-16(10-14)28-4)26-5-7-29-8-6-26/h9-13H,5-8H2,1-4H3,(H,23,24). The lowest BCUT2D eigenvalue weighted by Gasteiger charge is -2.29. The first-order chi connectivity index (χ1) is 13.9. The first kappa shape index (κ1) is 19.8. The Kier molecular flexibility index (Phi) is 5.25. The van der Waals surface area contributed by atoms with Crippen LogP contribution < -0.4 is 9.64 Å². The van der Waals surface area contributed by atoms with E-state index < -0.39 is 5.41 Å². The Bertz CT molecular complexity index is 1050. The zero-order valence-corrected chi connectivity index (χ0v) is 18.1. The minimum Gasteiger partial charge on any atom is -0.497 e. The molecule has 0 spiro atoms. The summed E-state index contributed by atoms with van der Waals surface area (Å²) in [5.41, 5.74) is 4.12. The van der Waals surface area contributed by atoms with Crippen LogP contribution in [0, 0.1) is 5.41 Å². The maximum Gasteiger partial charge on any atom is 0.171 e. The van der Waals surface area contributed by atoms with E-state index in [1.807, 2.05) is 38.6 Å². The Hall–Kier alpha value is -2.54. The number of carbonyl (C=O) groups is 1. The van der Waals surface area contributed by atoms with Crippen molar-refractivity contribution in [1.82, 2.24) is 15.0 Å². The van der Waals surface area contributed by atoms with Crippen LogP contribution in [-0.2, 0) is 0 Å². The van der Waals surface area contributed by atoms with Gasteiger partial charge in [-0.1, -0.05) is 20.8 Å². The number of hydrogen-bond acceptors (Lipinski definition) is 6. The van der Waals surface area contributed by atoms with Crippen molar-refractivity contribution >= 4 is 34.4 Å². The number of ketones is 1. The van der Waals surface area contributed by atoms with Gasteiger partial charge in [0.05, 0.1) is 24.6 Å². The second-order valence-electron chi connectivity index (χ2n) is 8.25. The molecular formula is C22H26N4O2S. The number of aromatic amines is 1. The normalized spacial score (nSPS) is 15.0. The molecule has 0 unspecified atom stereocenters. The number of H-pyrrole nitrogens is 1. The number of benzene rings is 1. The zero-order valence-electron chi connectivity index (χ0n) is 17.3. The number of aromatic nitrogens is 3. The predicted molar refractivity (Wildman–Crippen MR) is 119 cm³/mol. The summed E-state index contributed by atoms with van der Waals surface area (Å²) < 4.78 is 5.55. The summed E-state index contributed by atoms with van der Waals surface area (Å²) in [5, 5.41) is 0. The van der Waals surface area contributed by atoms with E-state index in [1.54, 1.807) is 19.5 Å². The van der Waals surface area contributed by atoms with Gasteiger partial charge in [-0.25, -0.2) is 9.97 Å². The van der Waals surface area contributed by atoms with E-state index in [0.717, 1.165) is 47.3 Å². The van der Waals surface area contributed by atoms with Crippen molar-refractivity contribution in [1.29, 1.82) is 0 Å². The minimum atomic E-state index is -0.484. The van der Waals surface area contributed by atoms with Crippen molar-refractivity contribution in [3.8, 4) is 17.0 Å². The first-order valence-electron chi connectivity index (χ1n) is 9.78. The van der Waals surface area contributed by atoms with Crippen molar-refractivity contribution in [3.05, 3.63) is 36.2 Å². The fraction of sp³-hybridized carbons (Fsp3) is 0.409. The SMILES string of the molecule is COc1cc(-c2cnc3[nH]cc(C(=O)C(C)(C)C)c3n2)cc(N2CCSCC2)c1. The summed E-state index contributed by atoms with van der Waals surface area (Å²) in [6, 6.07) is 6.17. The van der Waals surface area contributed by atoms with Gasteiger partial charge in [-0.3, -0.25) is 4.79 Å². The minimum absolute atomic E-state index is 0.0485. The number of fused-ring (bicyclic) bond motifs is 1. The fourth-order valence-corrected chi connectivity index (χ4v) is 4.36. The lowest BCUT2D eigenvalue weighted by Crippen LogP contribution is -2.32. The van der Waals surface area contributed by atoms with Gasteiger partial charge in [0.25, 0.3) is 0 Å². The molecule has 2 aromatic heterocycles. The molecule has 152 valence electrons. The monoisotopic (exact) mass is 410 g/mol. The molecule has 4 rings (SSSR count). The van der Waals surface area contributed by atoms with Gasteiger partial charge in [0.1, 0.15) is 11.3 Å². The molecule has 1 saturated heterocycles. The van der Waals surface area contributed by atoms with E-state index in [1.165, 1.54) is 0 Å². The quantitative estimate of drug-likeness (QED) is 0.642. The Morgan fingerprint density at radius 2 is 1.97 bits per heavy atom. The molecule has 0 atom stereocenters. The molecule has 1 fully saturated rings. The van der Waals surface area contributed by atoms with Crippen LogP contribution in [-0.4, -0.2) is 52.4 Å². The van der Waals surface area contributed by atoms with E-state index >= 15 is 0 Å². The van der Waals surface area contributed by atoms with Gasteiger partial charge >= 0.3 is 0 Å². The Morgan fingerprint density at radius 3 is 2.66 bits per heavy atom. The summed E-state index contributed by atoms with van der Waals surface area (Å²) in [7, 11) is 1.68. The number of methoxy groups -OCH3 is 1. The summed E-state index contributed by atoms with van der Waals surface area (Å²) in [6.45, 7) is 7.78. The molecule has 1 N–H and O–H groups in total. The van der Waals surface area contributed by atoms with Crippen LogP contribution in [0.3, 0.4) is 0 Å². The van der Waals surface area contributed by atoms with Crippen LogP contribution in [0.2, 0.25) is 0 Å². The highest BCUT2D eigenvalue weighted by atomic mass is 32.2. The van der Waals surface area contributed by atoms with Gasteiger partial charge in [-0.05, 0) is 12.1 Å². The van der Waals surface area contributed by atoms with E-state index in [2.05, 4.69) is 27.0 Å². The molecule has 7 heteroatoms. The van der Waals surface area contributed by atoms with Crippen LogP contribution in [0.15, 0.2) is 30.6 Å². The molecule has 1 aliphatic rings. The van der Waals surface area contributed by atoms with Crippen LogP contribution in [0.5, 0.6) is 5.75 Å². The topological polar surface area (TPSA) is 71.1 Å². The average Bonchev–Trinajstić information content (AvgIpc) is 3.15. The third-order valence-corrected chi connectivity index (χ3v) is 6.05. The predicted octanol–water partition coefficient (Wildman–Crippen LogP) is 4.42. The van der Waals surface area contributed by atoms with Gasteiger partial charge in [0.2, 0.25) is 0 Å². The molecule has 1 aromatic carbocycles. The highest BCUT2D eigenvalue weighted by molar-refractivity contribution is 7.99. The van der Waals surface area contributed by atoms with Crippen molar-refractivity contribution < 1.29 is 9.53 Å². The molecule has 0 saturated carbocycles. The largest absolute Gasteiger partial charge is 0.497 e. The summed E-state index contributed by atoms with van der Waals surface area (Å²) in [5.74, 6) is 3.09. The van der Waals surface area contributed by atoms with Crippen molar-refractivity contribution in [2.24, 2.45) is 5.41 Å². The summed E-state index contributed by atoms with van der Waals surface area (Å²) >= 11 is 1.98. The highest BCUT2D eigenvalue weighted by Gasteiger charge is 2.26. The maximum atomic E-state index is 12.8. The molecule has 0 aliphatic carbocycles. The van der Waals surface area contributed by atoms with Gasteiger partial charge < -0.3 is 14.6 Å². The van der Waals surface area contributed by atoms with E-state index in [9.17, 15) is 4.79 Å². The second kappa shape index (κ2) is 7.71. The molecule has 0 bridgehead atoms. The van der Waals surface area contributed by atoms with Crippen molar-refractivity contribution in [3.63, 3.8) is 0 Å². The number of thioether (sulfide) groups is 1. The van der Waals surface area contributed by atoms with Gasteiger partial charge in [0, 0.05) is 53.5 Å². The molecular weight excluding hydrogens is 384 g/mol. The molecule has 3 heterocycles. The van der Waals surface area contributed by atoms with Gasteiger partial charge in [-0.2, -0.15) is 11.8 Å². The lowest BCUT2D eigenvalue weighted by atomic mass is 9.87. The Balaban J connectivity index is 1.78. The lowest BCUT2D eigenvalue weighted by molar-refractivity contribution is 0.0860. The van der Waals surface area contributed by atoms with Crippen molar-refractivity contribution in [2.75, 3.05) is 36.6 Å². The third-order valence-electron chi connectivity index (χ3n) is 5.11. The number of rotatable bonds is 4.